The monoisotopic (exact) mass is 880 g/mol. The Bertz CT molecular complexity index is 2630. The first-order chi connectivity index (χ1) is 29.9. The molecule has 1 amide bonds. The summed E-state index contributed by atoms with van der Waals surface area (Å²) in [6.07, 6.45) is 11.0. The van der Waals surface area contributed by atoms with Crippen molar-refractivity contribution in [3.05, 3.63) is 96.8 Å². The number of fused-ring (bicyclic) bond motifs is 2. The van der Waals surface area contributed by atoms with E-state index in [1.807, 2.05) is 92.9 Å². The van der Waals surface area contributed by atoms with E-state index in [0.717, 1.165) is 33.6 Å². The van der Waals surface area contributed by atoms with Crippen LogP contribution in [0, 0.1) is 30.5 Å². The van der Waals surface area contributed by atoms with Crippen molar-refractivity contribution in [1.82, 2.24) is 0 Å². The van der Waals surface area contributed by atoms with Crippen LogP contribution in [0.2, 0.25) is 0 Å². The highest BCUT2D eigenvalue weighted by molar-refractivity contribution is 7.92. The summed E-state index contributed by atoms with van der Waals surface area (Å²) in [6.45, 7) is 9.80. The lowest BCUT2D eigenvalue weighted by molar-refractivity contribution is -0.141. The quantitative estimate of drug-likeness (QED) is 0.0590. The molecular weight excluding hydrogens is 828 g/mol. The smallest absolute Gasteiger partial charge is 0.412 e. The average Bonchev–Trinajstić information content (AvgIpc) is 3.24. The number of terminal acetylenes is 2. The van der Waals surface area contributed by atoms with Gasteiger partial charge in [0.15, 0.2) is 11.6 Å². The Kier molecular flexibility index (Phi) is 16.8. The van der Waals surface area contributed by atoms with Gasteiger partial charge < -0.3 is 28.7 Å². The molecule has 332 valence electrons. The Balaban J connectivity index is 0.000000280. The van der Waals surface area contributed by atoms with Gasteiger partial charge in [-0.05, 0) is 77.1 Å². The summed E-state index contributed by atoms with van der Waals surface area (Å²) in [5.41, 5.74) is 1.98. The molecule has 5 aromatic rings. The number of nitrogens with one attached hydrogen (secondary N) is 2. The van der Waals surface area contributed by atoms with Crippen LogP contribution in [-0.2, 0) is 33.8 Å². The van der Waals surface area contributed by atoms with Crippen LogP contribution in [0.15, 0.2) is 95.9 Å². The third-order valence-corrected chi connectivity index (χ3v) is 11.1. The Labute approximate surface area is 368 Å². The predicted octanol–water partition coefficient (Wildman–Crippen LogP) is 8.76. The van der Waals surface area contributed by atoms with E-state index in [-0.39, 0.29) is 54.1 Å². The third-order valence-electron chi connectivity index (χ3n) is 9.70. The number of hydrogen-bond donors (Lipinski definition) is 2. The number of methoxy groups -OCH3 is 3. The first-order valence-electron chi connectivity index (χ1n) is 19.8. The lowest BCUT2D eigenvalue weighted by Crippen LogP contribution is -2.35. The maximum Gasteiger partial charge on any atom is 0.412 e. The average molecular weight is 881 g/mol. The molecule has 13 nitrogen and oxygen atoms in total. The van der Waals surface area contributed by atoms with Crippen molar-refractivity contribution in [3.63, 3.8) is 0 Å². The summed E-state index contributed by atoms with van der Waals surface area (Å²) in [7, 11) is -0.0911. The van der Waals surface area contributed by atoms with Gasteiger partial charge in [-0.1, -0.05) is 60.4 Å². The molecule has 5 rings (SSSR count). The van der Waals surface area contributed by atoms with E-state index < -0.39 is 27.5 Å². The molecule has 0 radical (unpaired) electrons. The molecule has 0 unspecified atom stereocenters. The fraction of sp³-hybridized carbons (Fsp3) is 0.312. The fourth-order valence-electron chi connectivity index (χ4n) is 6.72. The molecule has 0 spiro atoms. The second-order valence-electron chi connectivity index (χ2n) is 15.3. The van der Waals surface area contributed by atoms with Gasteiger partial charge in [-0.2, -0.15) is 0 Å². The van der Waals surface area contributed by atoms with Gasteiger partial charge in [-0.3, -0.25) is 19.6 Å². The van der Waals surface area contributed by atoms with Crippen LogP contribution in [0.1, 0.15) is 47.5 Å². The molecule has 0 aliphatic heterocycles. The van der Waals surface area contributed by atoms with Gasteiger partial charge >= 0.3 is 18.0 Å². The molecule has 15 heteroatoms. The number of carbonyl (C=O) groups is 3. The van der Waals surface area contributed by atoms with Crippen molar-refractivity contribution < 1.29 is 46.1 Å². The zero-order valence-corrected chi connectivity index (χ0v) is 37.5. The van der Waals surface area contributed by atoms with E-state index >= 15 is 0 Å². The van der Waals surface area contributed by atoms with Crippen LogP contribution in [0.5, 0.6) is 5.75 Å². The Morgan fingerprint density at radius 1 is 0.714 bits per heavy atom. The summed E-state index contributed by atoms with van der Waals surface area (Å²) in [4.78, 5) is 39.4. The molecular formula is C48H53FN4O9S. The highest BCUT2D eigenvalue weighted by atomic mass is 32.2. The number of amides is 1. The molecule has 0 fully saturated rings. The van der Waals surface area contributed by atoms with Crippen molar-refractivity contribution in [2.45, 2.75) is 70.0 Å². The van der Waals surface area contributed by atoms with E-state index in [0.29, 0.717) is 23.3 Å². The van der Waals surface area contributed by atoms with E-state index in [1.165, 1.54) is 33.5 Å². The van der Waals surface area contributed by atoms with Crippen molar-refractivity contribution in [2.24, 2.45) is 0 Å². The highest BCUT2D eigenvalue weighted by Gasteiger charge is 2.24. The zero-order valence-electron chi connectivity index (χ0n) is 36.7. The second-order valence-corrected chi connectivity index (χ2v) is 17.0. The van der Waals surface area contributed by atoms with Gasteiger partial charge in [0.1, 0.15) is 5.60 Å². The maximum atomic E-state index is 14.1. The number of esters is 2. The Hall–Kier alpha value is -6.97. The van der Waals surface area contributed by atoms with E-state index in [1.54, 1.807) is 24.3 Å². The van der Waals surface area contributed by atoms with Crippen LogP contribution < -0.4 is 24.6 Å². The summed E-state index contributed by atoms with van der Waals surface area (Å²) < 4.78 is 62.4. The van der Waals surface area contributed by atoms with Gasteiger partial charge in [0.25, 0.3) is 10.0 Å². The van der Waals surface area contributed by atoms with Gasteiger partial charge in [0, 0.05) is 45.0 Å². The standard InChI is InChI=1S/C25H25FN2O5S.C23H28N2O4/c1-5-14-28(17(2)15-25(29)33-4)23-12-11-22(19-8-6-7-9-20(19)23)27-34(30,31)18-10-13-24(32-3)21(26)16-18;1-7-14-25(16(2)15-21(26)28-6)20-13-12-19(17-10-8-9-11-18(17)20)24-22(27)29-23(3,4)5/h1,6-13,16-17,27H,14-15H2,2-4H3;1,8-13,16H,14-15H2,2-6H3,(H,24,27)/t17-;16-/m00/s1. The molecule has 2 atom stereocenters. The van der Waals surface area contributed by atoms with Gasteiger partial charge in [0.05, 0.1) is 63.5 Å². The molecule has 2 N–H and O–H groups in total. The number of rotatable bonds is 15. The molecule has 0 aliphatic rings. The van der Waals surface area contributed by atoms with Crippen LogP contribution in [0.4, 0.5) is 31.9 Å². The molecule has 5 aromatic carbocycles. The van der Waals surface area contributed by atoms with E-state index in [2.05, 4.69) is 21.9 Å². The zero-order chi connectivity index (χ0) is 46.5. The van der Waals surface area contributed by atoms with Gasteiger partial charge in [-0.25, -0.2) is 17.6 Å². The number of nitrogens with zero attached hydrogens (tertiary/aromatic N) is 2. The largest absolute Gasteiger partial charge is 0.494 e. The molecule has 0 aliphatic carbocycles. The van der Waals surface area contributed by atoms with Crippen molar-refractivity contribution >= 4 is 72.3 Å². The number of sulfonamides is 1. The number of anilines is 4. The van der Waals surface area contributed by atoms with Crippen LogP contribution >= 0.6 is 0 Å². The second kappa shape index (κ2) is 21.7. The minimum Gasteiger partial charge on any atom is -0.494 e. The van der Waals surface area contributed by atoms with Gasteiger partial charge in [-0.15, -0.1) is 12.8 Å². The fourth-order valence-corrected chi connectivity index (χ4v) is 7.81. The molecule has 0 saturated heterocycles. The van der Waals surface area contributed by atoms with Crippen LogP contribution in [-0.4, -0.2) is 78.6 Å². The van der Waals surface area contributed by atoms with Gasteiger partial charge in [0.2, 0.25) is 0 Å². The minimum atomic E-state index is -4.08. The Morgan fingerprint density at radius 3 is 1.60 bits per heavy atom. The summed E-state index contributed by atoms with van der Waals surface area (Å²) >= 11 is 0. The highest BCUT2D eigenvalue weighted by Crippen LogP contribution is 2.36. The third kappa shape index (κ3) is 12.8. The summed E-state index contributed by atoms with van der Waals surface area (Å²) in [5, 5.41) is 5.92. The number of benzene rings is 5. The summed E-state index contributed by atoms with van der Waals surface area (Å²) in [5.74, 6) is 3.77. The van der Waals surface area contributed by atoms with Crippen LogP contribution in [0.25, 0.3) is 21.5 Å². The molecule has 0 bridgehead atoms. The van der Waals surface area contributed by atoms with Crippen molar-refractivity contribution in [1.29, 1.82) is 0 Å². The lowest BCUT2D eigenvalue weighted by Gasteiger charge is -2.30. The number of carbonyl (C=O) groups excluding carboxylic acids is 3. The van der Waals surface area contributed by atoms with Crippen molar-refractivity contribution in [3.8, 4) is 30.4 Å². The number of ether oxygens (including phenoxy) is 4. The maximum absolute atomic E-state index is 14.1. The minimum absolute atomic E-state index is 0.0524. The molecule has 63 heavy (non-hydrogen) atoms. The Morgan fingerprint density at radius 2 is 1.17 bits per heavy atom. The number of hydrogen-bond acceptors (Lipinski definition) is 11. The first kappa shape index (κ1) is 48.7. The van der Waals surface area contributed by atoms with E-state index in [4.69, 9.17) is 31.8 Å². The van der Waals surface area contributed by atoms with Crippen molar-refractivity contribution in [2.75, 3.05) is 54.3 Å². The normalized spacial score (nSPS) is 12.0. The molecule has 0 heterocycles. The first-order valence-corrected chi connectivity index (χ1v) is 21.3. The topological polar surface area (TPSA) is 153 Å². The summed E-state index contributed by atoms with van der Waals surface area (Å²) in [6, 6.07) is 25.0. The van der Waals surface area contributed by atoms with E-state index in [9.17, 15) is 27.2 Å². The predicted molar refractivity (Wildman–Crippen MR) is 246 cm³/mol. The number of halogens is 1. The van der Waals surface area contributed by atoms with Crippen LogP contribution in [0.3, 0.4) is 0 Å². The lowest BCUT2D eigenvalue weighted by atomic mass is 10.0. The molecule has 0 aromatic heterocycles. The SMILES string of the molecule is C#CCN(c1ccc(NC(=O)OC(C)(C)C)c2ccccc12)[C@@H](C)CC(=O)OC.C#CCN(c1ccc(NS(=O)(=O)c2ccc(OC)c(F)c2)c2ccccc12)[C@@H](C)CC(=O)OC. The molecule has 0 saturated carbocycles.